The van der Waals surface area contributed by atoms with Gasteiger partial charge < -0.3 is 0 Å². The van der Waals surface area contributed by atoms with Gasteiger partial charge in [-0.25, -0.2) is 0 Å². The molecule has 10 nitrogen and oxygen atoms in total. The van der Waals surface area contributed by atoms with Crippen molar-refractivity contribution in [3.8, 4) is 0 Å². The van der Waals surface area contributed by atoms with Gasteiger partial charge in [0.15, 0.2) is 0 Å². The molecule has 0 aromatic heterocycles. The summed E-state index contributed by atoms with van der Waals surface area (Å²) in [6.45, 7) is 0. The molecule has 0 rings (SSSR count). The Labute approximate surface area is 175 Å². The maximum absolute atomic E-state index is 10.2. The van der Waals surface area contributed by atoms with E-state index >= 15 is 0 Å². The van der Waals surface area contributed by atoms with Crippen molar-refractivity contribution in [3.63, 3.8) is 0 Å². The van der Waals surface area contributed by atoms with E-state index in [1.807, 2.05) is 0 Å². The Balaban J connectivity index is -0.000000720. The van der Waals surface area contributed by atoms with Crippen molar-refractivity contribution in [3.05, 3.63) is 0 Å². The molecule has 0 aliphatic carbocycles. The Morgan fingerprint density at radius 1 is 0.667 bits per heavy atom. The van der Waals surface area contributed by atoms with Crippen LogP contribution >= 0.6 is 0 Å². The van der Waals surface area contributed by atoms with Crippen LogP contribution < -0.4 is 111 Å². The quantitative estimate of drug-likeness (QED) is 0.418. The summed E-state index contributed by atoms with van der Waals surface area (Å²) in [7, 11) is 0. The fourth-order valence-corrected chi connectivity index (χ4v) is 4.26. The van der Waals surface area contributed by atoms with E-state index in [-0.39, 0.29) is 103 Å². The second-order valence-corrected chi connectivity index (χ2v) is 7.36. The Morgan fingerprint density at radius 3 is 1.00 bits per heavy atom. The van der Waals surface area contributed by atoms with Gasteiger partial charge in [-0.1, -0.05) is 0 Å². The van der Waals surface area contributed by atoms with Gasteiger partial charge in [-0.05, 0) is 0 Å². The van der Waals surface area contributed by atoms with Crippen LogP contribution in [0.25, 0.3) is 0 Å². The van der Waals surface area contributed by atoms with Crippen LogP contribution in [0.3, 0.4) is 0 Å². The fourth-order valence-electron chi connectivity index (χ4n) is 0.215. The summed E-state index contributed by atoms with van der Waals surface area (Å²) >= 11 is -19.2. The third-order valence-electron chi connectivity index (χ3n) is 0.333. The third kappa shape index (κ3) is 17.5. The van der Waals surface area contributed by atoms with Crippen molar-refractivity contribution < 1.29 is 180 Å². The molecule has 0 radical (unpaired) electrons. The molecule has 0 aliphatic rings. The summed E-state index contributed by atoms with van der Waals surface area (Å²) in [6, 6.07) is 0. The number of rotatable bonds is 4. The first kappa shape index (κ1) is 23.6. The first-order valence-corrected chi connectivity index (χ1v) is 8.25. The van der Waals surface area contributed by atoms with Gasteiger partial charge in [0.05, 0.1) is 0 Å². The molecule has 0 aromatic carbocycles. The average molecular weight is 394 g/mol. The van der Waals surface area contributed by atoms with E-state index in [2.05, 4.69) is 5.68 Å². The number of hydrogen-bond acceptors (Lipinski definition) is 10. The summed E-state index contributed by atoms with van der Waals surface area (Å²) in [5, 5.41) is 0. The molecule has 0 N–H and O–H groups in total. The third-order valence-corrected chi connectivity index (χ3v) is 5.67. The van der Waals surface area contributed by atoms with Crippen LogP contribution in [-0.2, 0) is 69.3 Å². The number of hydrogen-bond donors (Lipinski definition) is 0. The standard InChI is InChI=1S/3Cr.2K.10O/q;;;2*+1;;;;;;;;;2*-1. The summed E-state index contributed by atoms with van der Waals surface area (Å²) in [5.41, 5.74) is 0. The molecule has 80 valence electrons. The van der Waals surface area contributed by atoms with Crippen molar-refractivity contribution in [1.82, 2.24) is 0 Å². The summed E-state index contributed by atoms with van der Waals surface area (Å²) < 4.78 is 84.0. The SMILES string of the molecule is [K+].[K+].[O]=[Cr](=[O])([O-])[O][Cr](=[O])(=[O])[O][Cr](=[O])(=[O])[O-]. The zero-order valence-corrected chi connectivity index (χ0v) is 17.4. The van der Waals surface area contributed by atoms with E-state index in [9.17, 15) is 31.1 Å². The summed E-state index contributed by atoms with van der Waals surface area (Å²) in [6.07, 6.45) is 0. The van der Waals surface area contributed by atoms with E-state index in [1.165, 1.54) is 0 Å². The van der Waals surface area contributed by atoms with Gasteiger partial charge in [0.2, 0.25) is 0 Å². The van der Waals surface area contributed by atoms with Gasteiger partial charge in [-0.3, -0.25) is 0 Å². The fraction of sp³-hybridized carbons (Fsp3) is 0. The van der Waals surface area contributed by atoms with Gasteiger partial charge in [0.25, 0.3) is 0 Å². The van der Waals surface area contributed by atoms with Crippen LogP contribution in [0.1, 0.15) is 0 Å². The maximum atomic E-state index is 10.2. The van der Waals surface area contributed by atoms with Crippen molar-refractivity contribution >= 4 is 0 Å². The van der Waals surface area contributed by atoms with Crippen molar-refractivity contribution in [2.24, 2.45) is 0 Å². The van der Waals surface area contributed by atoms with Gasteiger partial charge in [-0.15, -0.1) is 0 Å². The predicted molar refractivity (Wildman–Crippen MR) is 6.29 cm³/mol. The van der Waals surface area contributed by atoms with Crippen LogP contribution in [0.2, 0.25) is 0 Å². The zero-order valence-electron chi connectivity index (χ0n) is 7.31. The molecule has 0 bridgehead atoms. The predicted octanol–water partition coefficient (Wildman–Crippen LogP) is -9.23. The first-order chi connectivity index (χ1) is 5.41. The molecule has 0 saturated carbocycles. The van der Waals surface area contributed by atoms with Crippen LogP contribution in [0.4, 0.5) is 0 Å². The first-order valence-electron chi connectivity index (χ1n) is 2.00. The Hall–Kier alpha value is 3.51. The zero-order chi connectivity index (χ0) is 10.9. The summed E-state index contributed by atoms with van der Waals surface area (Å²) in [5.74, 6) is 0. The second kappa shape index (κ2) is 8.64. The molecule has 15 heteroatoms. The monoisotopic (exact) mass is 394 g/mol. The van der Waals surface area contributed by atoms with E-state index < -0.39 is 40.8 Å². The molecule has 0 unspecified atom stereocenters. The van der Waals surface area contributed by atoms with E-state index in [0.29, 0.717) is 0 Å². The van der Waals surface area contributed by atoms with Crippen LogP contribution in [0, 0.1) is 0 Å². The summed E-state index contributed by atoms with van der Waals surface area (Å²) in [4.78, 5) is 0. The van der Waals surface area contributed by atoms with Crippen LogP contribution in [-0.4, -0.2) is 0 Å². The molecule has 0 aromatic rings. The molecule has 0 atom stereocenters. The molecule has 0 heterocycles. The molecule has 0 amide bonds. The molecule has 0 spiro atoms. The Kier molecular flexibility index (Phi) is 13.6. The van der Waals surface area contributed by atoms with Crippen molar-refractivity contribution in [2.45, 2.75) is 0 Å². The van der Waals surface area contributed by atoms with Gasteiger partial charge >= 0.3 is 180 Å². The minimum atomic E-state index is -6.39. The van der Waals surface area contributed by atoms with Gasteiger partial charge in [0, 0.05) is 0 Å². The molecule has 0 aliphatic heterocycles. The molecule has 0 saturated heterocycles. The van der Waals surface area contributed by atoms with Crippen LogP contribution in [0.5, 0.6) is 0 Å². The minimum absolute atomic E-state index is 0. The Morgan fingerprint density at radius 2 is 0.867 bits per heavy atom. The van der Waals surface area contributed by atoms with E-state index in [4.69, 9.17) is 0 Å². The van der Waals surface area contributed by atoms with E-state index in [0.717, 1.165) is 0 Å². The van der Waals surface area contributed by atoms with Gasteiger partial charge in [-0.2, -0.15) is 0 Å². The van der Waals surface area contributed by atoms with Crippen LogP contribution in [0.15, 0.2) is 0 Å². The van der Waals surface area contributed by atoms with Crippen molar-refractivity contribution in [2.75, 3.05) is 0 Å². The second-order valence-electron chi connectivity index (χ2n) is 1.36. The Bertz CT molecular complexity index is 423. The molecule has 0 fully saturated rings. The molecular weight excluding hydrogens is 394 g/mol. The van der Waals surface area contributed by atoms with Crippen molar-refractivity contribution in [1.29, 1.82) is 0 Å². The molecular formula is Cr3K2O10. The average Bonchev–Trinajstić information content (AvgIpc) is 1.43. The van der Waals surface area contributed by atoms with E-state index in [1.54, 1.807) is 0 Å². The van der Waals surface area contributed by atoms with Gasteiger partial charge in [0.1, 0.15) is 0 Å². The topological polar surface area (TPSA) is 167 Å². The normalized spacial score (nSPS) is 12.4. The molecule has 15 heavy (non-hydrogen) atoms.